The van der Waals surface area contributed by atoms with Crippen molar-refractivity contribution < 1.29 is 19.7 Å². The van der Waals surface area contributed by atoms with E-state index in [9.17, 15) is 15.0 Å². The van der Waals surface area contributed by atoms with Gasteiger partial charge < -0.3 is 20.3 Å². The lowest BCUT2D eigenvalue weighted by atomic mass is 9.45. The molecule has 6 atom stereocenters. The van der Waals surface area contributed by atoms with Gasteiger partial charge in [-0.25, -0.2) is 0 Å². The Morgan fingerprint density at radius 1 is 1.44 bits per heavy atom. The van der Waals surface area contributed by atoms with Gasteiger partial charge >= 0.3 is 5.97 Å². The minimum Gasteiger partial charge on any atom is -0.468 e. The Hall–Kier alpha value is -1.89. The fourth-order valence-corrected chi connectivity index (χ4v) is 7.01. The van der Waals surface area contributed by atoms with Gasteiger partial charge in [-0.1, -0.05) is 29.8 Å². The maximum absolute atomic E-state index is 13.4. The predicted octanol–water partition coefficient (Wildman–Crippen LogP) is 1.24. The first-order chi connectivity index (χ1) is 13.0. The maximum Gasteiger partial charge on any atom is 0.315 e. The van der Waals surface area contributed by atoms with E-state index in [1.54, 1.807) is 0 Å². The minimum atomic E-state index is -1.13. The number of aliphatic hydroxyl groups excluding tert-OH is 2. The zero-order valence-electron chi connectivity index (χ0n) is 15.7. The number of allylic oxidation sites excluding steroid dienone is 1. The molecule has 0 amide bonds. The number of methoxy groups -OCH3 is 1. The SMILES string of the molecule is CC=C1CN2CC[C@@]34c5ccccc5N[C@@]23C(O)CC1C4(CO)C(=O)OC. The van der Waals surface area contributed by atoms with Crippen molar-refractivity contribution in [3.8, 4) is 0 Å². The second-order valence-electron chi connectivity index (χ2n) is 8.30. The van der Waals surface area contributed by atoms with E-state index < -0.39 is 22.6 Å². The summed E-state index contributed by atoms with van der Waals surface area (Å²) in [5.41, 5.74) is 0.354. The third-order valence-corrected chi connectivity index (χ3v) is 7.91. The second-order valence-corrected chi connectivity index (χ2v) is 8.30. The molecule has 3 saturated heterocycles. The molecule has 6 rings (SSSR count). The number of rotatable bonds is 2. The van der Waals surface area contributed by atoms with Crippen molar-refractivity contribution in [3.63, 3.8) is 0 Å². The molecule has 1 spiro atoms. The number of carbonyl (C=O) groups excluding carboxylic acids is 1. The highest BCUT2D eigenvalue weighted by atomic mass is 16.5. The Morgan fingerprint density at radius 2 is 2.22 bits per heavy atom. The molecule has 3 N–H and O–H groups in total. The zero-order chi connectivity index (χ0) is 19.0. The van der Waals surface area contributed by atoms with E-state index in [0.29, 0.717) is 19.4 Å². The number of nitrogens with zero attached hydrogens (tertiary/aromatic N) is 1. The number of hydrogen-bond acceptors (Lipinski definition) is 6. The molecule has 4 fully saturated rings. The number of anilines is 1. The van der Waals surface area contributed by atoms with Crippen molar-refractivity contribution in [1.82, 2.24) is 4.90 Å². The number of ether oxygens (including phenoxy) is 1. The van der Waals surface area contributed by atoms with Crippen molar-refractivity contribution in [1.29, 1.82) is 0 Å². The van der Waals surface area contributed by atoms with Crippen LogP contribution < -0.4 is 5.32 Å². The van der Waals surface area contributed by atoms with Crippen molar-refractivity contribution >= 4 is 11.7 Å². The highest BCUT2D eigenvalue weighted by molar-refractivity contribution is 5.85. The smallest absolute Gasteiger partial charge is 0.315 e. The monoisotopic (exact) mass is 370 g/mol. The van der Waals surface area contributed by atoms with Gasteiger partial charge in [0.15, 0.2) is 0 Å². The fourth-order valence-electron chi connectivity index (χ4n) is 7.01. The summed E-state index contributed by atoms with van der Waals surface area (Å²) in [5, 5.41) is 25.9. The van der Waals surface area contributed by atoms with Crippen LogP contribution in [0.15, 0.2) is 35.9 Å². The standard InChI is InChI=1S/C21H26N2O4/c1-3-13-11-23-9-8-20-14-6-4-5-7-16(14)22-21(20,23)17(25)10-15(13)19(20,12-24)18(26)27-2/h3-7,15,17,22,24-25H,8-12H2,1-2H3/t15?,17?,19?,20-,21-/m0/s1. The predicted molar refractivity (Wildman–Crippen MR) is 100 cm³/mol. The molecule has 0 radical (unpaired) electrons. The van der Waals surface area contributed by atoms with Crippen molar-refractivity contribution in [2.45, 2.75) is 36.9 Å². The van der Waals surface area contributed by atoms with Gasteiger partial charge in [-0.15, -0.1) is 0 Å². The second kappa shape index (κ2) is 5.34. The van der Waals surface area contributed by atoms with E-state index in [1.807, 2.05) is 37.3 Å². The highest BCUT2D eigenvalue weighted by Gasteiger charge is 2.82. The lowest BCUT2D eigenvalue weighted by Crippen LogP contribution is -2.75. The summed E-state index contributed by atoms with van der Waals surface area (Å²) in [6.07, 6.45) is 2.51. The molecule has 1 aliphatic carbocycles. The zero-order valence-corrected chi connectivity index (χ0v) is 15.7. The van der Waals surface area contributed by atoms with Crippen LogP contribution >= 0.6 is 0 Å². The van der Waals surface area contributed by atoms with Crippen LogP contribution in [0.5, 0.6) is 0 Å². The van der Waals surface area contributed by atoms with Gasteiger partial charge in [0.1, 0.15) is 11.1 Å². The summed E-state index contributed by atoms with van der Waals surface area (Å²) in [4.78, 5) is 15.7. The molecule has 1 aromatic carbocycles. The molecule has 4 bridgehead atoms. The van der Waals surface area contributed by atoms with Gasteiger partial charge in [0, 0.05) is 24.7 Å². The first-order valence-electron chi connectivity index (χ1n) is 9.68. The molecular formula is C21H26N2O4. The van der Waals surface area contributed by atoms with Crippen LogP contribution in [0.25, 0.3) is 0 Å². The third kappa shape index (κ3) is 1.55. The molecule has 1 aromatic rings. The van der Waals surface area contributed by atoms with Crippen molar-refractivity contribution in [3.05, 3.63) is 41.5 Å². The normalized spacial score (nSPS) is 45.2. The summed E-state index contributed by atoms with van der Waals surface area (Å²) in [6.45, 7) is 3.10. The number of para-hydroxylation sites is 1. The number of nitrogens with one attached hydrogen (secondary N) is 1. The average molecular weight is 370 g/mol. The summed E-state index contributed by atoms with van der Waals surface area (Å²) in [5.74, 6) is -0.644. The van der Waals surface area contributed by atoms with Crippen LogP contribution in [0.3, 0.4) is 0 Å². The average Bonchev–Trinajstić information content (AvgIpc) is 3.11. The molecule has 6 nitrogen and oxygen atoms in total. The summed E-state index contributed by atoms with van der Waals surface area (Å²) >= 11 is 0. The first-order valence-corrected chi connectivity index (χ1v) is 9.68. The Kier molecular flexibility index (Phi) is 3.41. The number of carbonyl (C=O) groups is 1. The lowest BCUT2D eigenvalue weighted by Gasteiger charge is -2.59. The first kappa shape index (κ1) is 17.2. The van der Waals surface area contributed by atoms with Gasteiger partial charge in [0.05, 0.1) is 25.2 Å². The van der Waals surface area contributed by atoms with Gasteiger partial charge in [-0.2, -0.15) is 0 Å². The lowest BCUT2D eigenvalue weighted by molar-refractivity contribution is -0.184. The van der Waals surface area contributed by atoms with E-state index in [2.05, 4.69) is 10.2 Å². The van der Waals surface area contributed by atoms with Crippen LogP contribution in [-0.4, -0.2) is 59.7 Å². The Balaban J connectivity index is 1.93. The number of benzene rings is 1. The minimum absolute atomic E-state index is 0.263. The van der Waals surface area contributed by atoms with E-state index >= 15 is 0 Å². The van der Waals surface area contributed by atoms with Gasteiger partial charge in [-0.3, -0.25) is 9.69 Å². The summed E-state index contributed by atoms with van der Waals surface area (Å²) in [7, 11) is 1.40. The van der Waals surface area contributed by atoms with Crippen LogP contribution in [0.4, 0.5) is 5.69 Å². The van der Waals surface area contributed by atoms with E-state index in [0.717, 1.165) is 23.4 Å². The topological polar surface area (TPSA) is 82.0 Å². The van der Waals surface area contributed by atoms with Crippen LogP contribution in [0, 0.1) is 11.3 Å². The van der Waals surface area contributed by atoms with Crippen LogP contribution in [0.1, 0.15) is 25.3 Å². The van der Waals surface area contributed by atoms with Gasteiger partial charge in [0.25, 0.3) is 0 Å². The molecule has 4 unspecified atom stereocenters. The van der Waals surface area contributed by atoms with Crippen molar-refractivity contribution in [2.75, 3.05) is 32.1 Å². The van der Waals surface area contributed by atoms with E-state index in [4.69, 9.17) is 4.74 Å². The molecule has 144 valence electrons. The number of fused-ring (bicyclic) bond motifs is 3. The number of aliphatic hydroxyl groups is 2. The highest BCUT2D eigenvalue weighted by Crippen LogP contribution is 2.72. The molecule has 1 saturated carbocycles. The molecule has 27 heavy (non-hydrogen) atoms. The Bertz CT molecular complexity index is 854. The van der Waals surface area contributed by atoms with Crippen LogP contribution in [0.2, 0.25) is 0 Å². The van der Waals surface area contributed by atoms with Gasteiger partial charge in [0.2, 0.25) is 0 Å². The number of esters is 1. The quantitative estimate of drug-likeness (QED) is 0.537. The largest absolute Gasteiger partial charge is 0.468 e. The van der Waals surface area contributed by atoms with Crippen LogP contribution in [-0.2, 0) is 14.9 Å². The summed E-state index contributed by atoms with van der Waals surface area (Å²) < 4.78 is 5.33. The fraction of sp³-hybridized carbons (Fsp3) is 0.571. The maximum atomic E-state index is 13.4. The van der Waals surface area contributed by atoms with Crippen molar-refractivity contribution in [2.24, 2.45) is 11.3 Å². The third-order valence-electron chi connectivity index (χ3n) is 7.91. The van der Waals surface area contributed by atoms with E-state index in [-0.39, 0.29) is 18.5 Å². The Labute approximate surface area is 158 Å². The number of hydrogen-bond donors (Lipinski definition) is 3. The molecule has 4 aliphatic heterocycles. The molecule has 4 heterocycles. The molecule has 5 aliphatic rings. The molecule has 6 heteroatoms. The molecule has 0 aromatic heterocycles. The van der Waals surface area contributed by atoms with Gasteiger partial charge in [-0.05, 0) is 31.4 Å². The molecular weight excluding hydrogens is 344 g/mol. The van der Waals surface area contributed by atoms with E-state index in [1.165, 1.54) is 7.11 Å². The Morgan fingerprint density at radius 3 is 2.93 bits per heavy atom. The summed E-state index contributed by atoms with van der Waals surface area (Å²) in [6, 6.07) is 7.97.